The van der Waals surface area contributed by atoms with E-state index in [0.717, 1.165) is 22.3 Å². The summed E-state index contributed by atoms with van der Waals surface area (Å²) in [5.41, 5.74) is 2.58. The lowest BCUT2D eigenvalue weighted by Gasteiger charge is -2.35. The molecule has 0 radical (unpaired) electrons. The molecule has 1 N–H and O–H groups in total. The Balaban J connectivity index is 1.94. The SMILES string of the molecule is CC(=O)N(C)c1cc(N2CCN(S(C)(=O)=O)CC2)c2cn[nH]c2c1. The molecule has 130 valence electrons. The molecule has 1 saturated heterocycles. The molecule has 1 aromatic carbocycles. The molecule has 0 saturated carbocycles. The van der Waals surface area contributed by atoms with Gasteiger partial charge in [0.15, 0.2) is 0 Å². The summed E-state index contributed by atoms with van der Waals surface area (Å²) in [6.45, 7) is 3.61. The third-order valence-corrected chi connectivity index (χ3v) is 5.73. The maximum absolute atomic E-state index is 11.7. The summed E-state index contributed by atoms with van der Waals surface area (Å²) in [5.74, 6) is -0.0540. The molecule has 0 bridgehead atoms. The minimum absolute atomic E-state index is 0.0540. The van der Waals surface area contributed by atoms with Crippen LogP contribution in [0.5, 0.6) is 0 Å². The molecule has 2 aromatic rings. The number of amides is 1. The van der Waals surface area contributed by atoms with Gasteiger partial charge in [-0.2, -0.15) is 9.40 Å². The molecule has 0 aliphatic carbocycles. The highest BCUT2D eigenvalue weighted by Gasteiger charge is 2.25. The van der Waals surface area contributed by atoms with Crippen molar-refractivity contribution in [3.8, 4) is 0 Å². The van der Waals surface area contributed by atoms with Crippen LogP contribution < -0.4 is 9.80 Å². The molecule has 1 aliphatic rings. The van der Waals surface area contributed by atoms with Gasteiger partial charge in [-0.3, -0.25) is 9.89 Å². The molecule has 24 heavy (non-hydrogen) atoms. The molecule has 8 nitrogen and oxygen atoms in total. The van der Waals surface area contributed by atoms with Gasteiger partial charge in [0.2, 0.25) is 15.9 Å². The number of sulfonamides is 1. The van der Waals surface area contributed by atoms with Crippen molar-refractivity contribution in [1.82, 2.24) is 14.5 Å². The molecular weight excluding hydrogens is 330 g/mol. The summed E-state index contributed by atoms with van der Waals surface area (Å²) < 4.78 is 24.8. The summed E-state index contributed by atoms with van der Waals surface area (Å²) in [6, 6.07) is 3.84. The fraction of sp³-hybridized carbons (Fsp3) is 0.467. The van der Waals surface area contributed by atoms with Gasteiger partial charge in [-0.05, 0) is 12.1 Å². The largest absolute Gasteiger partial charge is 0.368 e. The standard InChI is InChI=1S/C15H21N5O3S/c1-11(21)18(2)12-8-14-13(10-16-17-14)15(9-12)19-4-6-20(7-5-19)24(3,22)23/h8-10H,4-7H2,1-3H3,(H,16,17). The van der Waals surface area contributed by atoms with Gasteiger partial charge in [0.05, 0.1) is 18.0 Å². The van der Waals surface area contributed by atoms with Gasteiger partial charge in [0.25, 0.3) is 0 Å². The number of H-pyrrole nitrogens is 1. The van der Waals surface area contributed by atoms with Gasteiger partial charge >= 0.3 is 0 Å². The first kappa shape index (κ1) is 16.7. The molecule has 2 heterocycles. The number of aromatic amines is 1. The highest BCUT2D eigenvalue weighted by atomic mass is 32.2. The molecular formula is C15H21N5O3S. The van der Waals surface area contributed by atoms with Crippen LogP contribution in [-0.2, 0) is 14.8 Å². The quantitative estimate of drug-likeness (QED) is 0.876. The Labute approximate surface area is 141 Å². The Hall–Kier alpha value is -2.13. The number of nitrogens with zero attached hydrogens (tertiary/aromatic N) is 4. The molecule has 1 aromatic heterocycles. The first-order valence-electron chi connectivity index (χ1n) is 7.69. The average molecular weight is 351 g/mol. The maximum atomic E-state index is 11.7. The van der Waals surface area contributed by atoms with Crippen molar-refractivity contribution in [2.24, 2.45) is 0 Å². The van der Waals surface area contributed by atoms with Gasteiger partial charge in [-0.1, -0.05) is 0 Å². The number of benzene rings is 1. The van der Waals surface area contributed by atoms with E-state index < -0.39 is 10.0 Å². The Bertz CT molecular complexity index is 868. The van der Waals surface area contributed by atoms with Crippen LogP contribution in [0.4, 0.5) is 11.4 Å². The first-order valence-corrected chi connectivity index (χ1v) is 9.53. The Morgan fingerprint density at radius 2 is 1.92 bits per heavy atom. The summed E-state index contributed by atoms with van der Waals surface area (Å²) in [7, 11) is -1.43. The van der Waals surface area contributed by atoms with Gasteiger partial charge in [-0.25, -0.2) is 8.42 Å². The summed E-state index contributed by atoms with van der Waals surface area (Å²) in [5, 5.41) is 8.00. The summed E-state index contributed by atoms with van der Waals surface area (Å²) in [6.07, 6.45) is 2.99. The number of rotatable bonds is 3. The van der Waals surface area contributed by atoms with Crippen LogP contribution in [0, 0.1) is 0 Å². The lowest BCUT2D eigenvalue weighted by Crippen LogP contribution is -2.48. The highest BCUT2D eigenvalue weighted by Crippen LogP contribution is 2.32. The van der Waals surface area contributed by atoms with Crippen molar-refractivity contribution in [3.63, 3.8) is 0 Å². The van der Waals surface area contributed by atoms with Gasteiger partial charge in [-0.15, -0.1) is 0 Å². The van der Waals surface area contributed by atoms with Crippen molar-refractivity contribution in [1.29, 1.82) is 0 Å². The fourth-order valence-corrected chi connectivity index (χ4v) is 3.74. The second-order valence-corrected chi connectivity index (χ2v) is 8.01. The lowest BCUT2D eigenvalue weighted by molar-refractivity contribution is -0.116. The number of hydrogen-bond donors (Lipinski definition) is 1. The van der Waals surface area contributed by atoms with E-state index in [9.17, 15) is 13.2 Å². The third-order valence-electron chi connectivity index (χ3n) is 4.43. The minimum atomic E-state index is -3.16. The van der Waals surface area contributed by atoms with Gasteiger partial charge in [0.1, 0.15) is 0 Å². The second kappa shape index (κ2) is 6.06. The average Bonchev–Trinajstić information content (AvgIpc) is 3.00. The highest BCUT2D eigenvalue weighted by molar-refractivity contribution is 7.88. The Morgan fingerprint density at radius 1 is 1.25 bits per heavy atom. The number of hydrogen-bond acceptors (Lipinski definition) is 5. The van der Waals surface area contributed by atoms with E-state index in [2.05, 4.69) is 15.1 Å². The van der Waals surface area contributed by atoms with Crippen LogP contribution in [0.2, 0.25) is 0 Å². The Morgan fingerprint density at radius 3 is 2.50 bits per heavy atom. The van der Waals surface area contributed by atoms with Crippen LogP contribution in [0.15, 0.2) is 18.3 Å². The zero-order chi connectivity index (χ0) is 17.5. The molecule has 0 atom stereocenters. The normalized spacial score (nSPS) is 16.5. The van der Waals surface area contributed by atoms with Crippen LogP contribution in [0.1, 0.15) is 6.92 Å². The summed E-state index contributed by atoms with van der Waals surface area (Å²) >= 11 is 0. The van der Waals surface area contributed by atoms with Crippen molar-refractivity contribution in [3.05, 3.63) is 18.3 Å². The van der Waals surface area contributed by atoms with Gasteiger partial charge < -0.3 is 9.80 Å². The van der Waals surface area contributed by atoms with E-state index in [1.807, 2.05) is 12.1 Å². The van der Waals surface area contributed by atoms with Crippen LogP contribution in [-0.4, -0.2) is 68.3 Å². The maximum Gasteiger partial charge on any atom is 0.223 e. The number of nitrogens with one attached hydrogen (secondary N) is 1. The lowest BCUT2D eigenvalue weighted by atomic mass is 10.1. The van der Waals surface area contributed by atoms with E-state index in [-0.39, 0.29) is 5.91 Å². The van der Waals surface area contributed by atoms with E-state index in [0.29, 0.717) is 26.2 Å². The second-order valence-electron chi connectivity index (χ2n) is 6.02. The van der Waals surface area contributed by atoms with Crippen molar-refractivity contribution in [2.45, 2.75) is 6.92 Å². The predicted octanol–water partition coefficient (Wildman–Crippen LogP) is 0.627. The van der Waals surface area contributed by atoms with Crippen molar-refractivity contribution in [2.75, 3.05) is 49.3 Å². The van der Waals surface area contributed by atoms with Gasteiger partial charge in [0, 0.05) is 56.9 Å². The number of aromatic nitrogens is 2. The molecule has 0 spiro atoms. The fourth-order valence-electron chi connectivity index (χ4n) is 2.92. The molecule has 1 fully saturated rings. The van der Waals surface area contributed by atoms with E-state index in [1.165, 1.54) is 17.5 Å². The molecule has 1 aliphatic heterocycles. The molecule has 3 rings (SSSR count). The van der Waals surface area contributed by atoms with E-state index >= 15 is 0 Å². The molecule has 0 unspecified atom stereocenters. The first-order chi connectivity index (χ1) is 11.3. The third kappa shape index (κ3) is 3.09. The van der Waals surface area contributed by atoms with Crippen molar-refractivity contribution >= 4 is 38.2 Å². The zero-order valence-electron chi connectivity index (χ0n) is 14.0. The van der Waals surface area contributed by atoms with Crippen LogP contribution in [0.25, 0.3) is 10.9 Å². The van der Waals surface area contributed by atoms with Crippen LogP contribution in [0.3, 0.4) is 0 Å². The van der Waals surface area contributed by atoms with Crippen LogP contribution >= 0.6 is 0 Å². The summed E-state index contributed by atoms with van der Waals surface area (Å²) in [4.78, 5) is 15.4. The predicted molar refractivity (Wildman–Crippen MR) is 93.8 cm³/mol. The smallest absolute Gasteiger partial charge is 0.223 e. The molecule has 1 amide bonds. The monoisotopic (exact) mass is 351 g/mol. The van der Waals surface area contributed by atoms with E-state index in [4.69, 9.17) is 0 Å². The number of carbonyl (C=O) groups is 1. The zero-order valence-corrected chi connectivity index (χ0v) is 14.8. The number of anilines is 2. The topological polar surface area (TPSA) is 89.6 Å². The molecule has 9 heteroatoms. The van der Waals surface area contributed by atoms with E-state index in [1.54, 1.807) is 18.1 Å². The number of piperazine rings is 1. The minimum Gasteiger partial charge on any atom is -0.368 e. The number of fused-ring (bicyclic) bond motifs is 1. The Kier molecular flexibility index (Phi) is 4.22. The van der Waals surface area contributed by atoms with Crippen molar-refractivity contribution < 1.29 is 13.2 Å². The number of carbonyl (C=O) groups excluding carboxylic acids is 1.